The summed E-state index contributed by atoms with van der Waals surface area (Å²) >= 11 is 1.30. The highest BCUT2D eigenvalue weighted by Gasteiger charge is 2.26. The van der Waals surface area contributed by atoms with Gasteiger partial charge in [-0.05, 0) is 32.0 Å². The Morgan fingerprint density at radius 3 is 2.83 bits per heavy atom. The lowest BCUT2D eigenvalue weighted by Gasteiger charge is -2.07. The van der Waals surface area contributed by atoms with Crippen LogP contribution in [0.15, 0.2) is 34.3 Å². The molecule has 0 saturated carbocycles. The van der Waals surface area contributed by atoms with Crippen LogP contribution in [0.25, 0.3) is 10.8 Å². The van der Waals surface area contributed by atoms with Crippen LogP contribution in [0.5, 0.6) is 0 Å². The molecule has 1 atom stereocenters. The molecule has 0 spiro atoms. The first kappa shape index (κ1) is 15.1. The van der Waals surface area contributed by atoms with Gasteiger partial charge in [0.05, 0.1) is 18.0 Å². The zero-order valence-corrected chi connectivity index (χ0v) is 13.3. The van der Waals surface area contributed by atoms with Gasteiger partial charge < -0.3 is 4.42 Å². The first-order chi connectivity index (χ1) is 11.1. The molecule has 0 N–H and O–H groups in total. The Morgan fingerprint density at radius 1 is 1.35 bits per heavy atom. The molecular formula is C16H12N4O2S. The third-order valence-electron chi connectivity index (χ3n) is 3.16. The standard InChI is InChI=1S/C16H12N4O2S/c1-9-6-12(19-10(2)18-9)11(7-17)15(21)13-8-23-16(20-13)14-4-3-5-22-14/h3-6,8,11H,1-2H3/t11-/m1/s1. The highest BCUT2D eigenvalue weighted by Crippen LogP contribution is 2.27. The lowest BCUT2D eigenvalue weighted by molar-refractivity contribution is 0.0973. The minimum absolute atomic E-state index is 0.238. The van der Waals surface area contributed by atoms with E-state index in [1.807, 2.05) is 6.07 Å². The second-order valence-electron chi connectivity index (χ2n) is 4.92. The number of hydrogen-bond donors (Lipinski definition) is 0. The van der Waals surface area contributed by atoms with E-state index >= 15 is 0 Å². The molecule has 0 aliphatic rings. The molecule has 0 aliphatic carbocycles. The molecule has 114 valence electrons. The van der Waals surface area contributed by atoms with Crippen molar-refractivity contribution < 1.29 is 9.21 Å². The number of furan rings is 1. The molecule has 3 rings (SSSR count). The third kappa shape index (κ3) is 3.03. The fourth-order valence-electron chi connectivity index (χ4n) is 2.20. The molecule has 7 heteroatoms. The van der Waals surface area contributed by atoms with E-state index in [2.05, 4.69) is 15.0 Å². The summed E-state index contributed by atoms with van der Waals surface area (Å²) < 4.78 is 5.27. The molecule has 0 saturated heterocycles. The Kier molecular flexibility index (Phi) is 4.00. The second kappa shape index (κ2) is 6.10. The second-order valence-corrected chi connectivity index (χ2v) is 5.78. The van der Waals surface area contributed by atoms with Crippen LogP contribution in [0, 0.1) is 25.2 Å². The van der Waals surface area contributed by atoms with Crippen molar-refractivity contribution in [3.63, 3.8) is 0 Å². The highest BCUT2D eigenvalue weighted by atomic mass is 32.1. The number of Topliss-reactive ketones (excluding diaryl/α,β-unsaturated/α-hetero) is 1. The minimum Gasteiger partial charge on any atom is -0.462 e. The molecule has 0 fully saturated rings. The Bertz CT molecular complexity index is 873. The molecule has 3 aromatic rings. The van der Waals surface area contributed by atoms with Crippen LogP contribution in [0.2, 0.25) is 0 Å². The van der Waals surface area contributed by atoms with E-state index in [9.17, 15) is 10.1 Å². The predicted molar refractivity (Wildman–Crippen MR) is 84.0 cm³/mol. The van der Waals surface area contributed by atoms with Gasteiger partial charge in [-0.3, -0.25) is 4.79 Å². The van der Waals surface area contributed by atoms with Crippen molar-refractivity contribution in [3.8, 4) is 16.8 Å². The Balaban J connectivity index is 1.93. The van der Waals surface area contributed by atoms with Gasteiger partial charge in [-0.15, -0.1) is 11.3 Å². The highest BCUT2D eigenvalue weighted by molar-refractivity contribution is 7.13. The summed E-state index contributed by atoms with van der Waals surface area (Å²) in [5, 5.41) is 11.6. The van der Waals surface area contributed by atoms with Crippen molar-refractivity contribution in [2.24, 2.45) is 0 Å². The average Bonchev–Trinajstić information content (AvgIpc) is 3.18. The number of hydrogen-bond acceptors (Lipinski definition) is 7. The summed E-state index contributed by atoms with van der Waals surface area (Å²) in [7, 11) is 0. The summed E-state index contributed by atoms with van der Waals surface area (Å²) in [5.74, 6) is -0.250. The van der Waals surface area contributed by atoms with Crippen molar-refractivity contribution in [2.75, 3.05) is 0 Å². The summed E-state index contributed by atoms with van der Waals surface area (Å²) in [5.41, 5.74) is 1.35. The van der Waals surface area contributed by atoms with E-state index in [0.717, 1.165) is 5.69 Å². The largest absolute Gasteiger partial charge is 0.462 e. The van der Waals surface area contributed by atoms with E-state index in [4.69, 9.17) is 4.42 Å². The van der Waals surface area contributed by atoms with Crippen molar-refractivity contribution >= 4 is 17.1 Å². The number of carbonyl (C=O) groups is 1. The summed E-state index contributed by atoms with van der Waals surface area (Å²) in [6.45, 7) is 3.53. The van der Waals surface area contributed by atoms with Crippen LogP contribution in [-0.4, -0.2) is 20.7 Å². The van der Waals surface area contributed by atoms with Crippen molar-refractivity contribution in [2.45, 2.75) is 19.8 Å². The lowest BCUT2D eigenvalue weighted by atomic mass is 9.99. The zero-order valence-electron chi connectivity index (χ0n) is 12.5. The number of thiazole rings is 1. The molecule has 3 aromatic heterocycles. The van der Waals surface area contributed by atoms with E-state index in [-0.39, 0.29) is 11.5 Å². The van der Waals surface area contributed by atoms with Gasteiger partial charge in [0.25, 0.3) is 0 Å². The molecule has 0 aromatic carbocycles. The normalized spacial score (nSPS) is 11.9. The predicted octanol–water partition coefficient (Wildman–Crippen LogP) is 3.30. The lowest BCUT2D eigenvalue weighted by Crippen LogP contribution is -2.14. The van der Waals surface area contributed by atoms with Gasteiger partial charge in [-0.25, -0.2) is 15.0 Å². The summed E-state index contributed by atoms with van der Waals surface area (Å²) in [4.78, 5) is 25.3. The van der Waals surface area contributed by atoms with E-state index < -0.39 is 5.92 Å². The molecule has 0 radical (unpaired) electrons. The monoisotopic (exact) mass is 324 g/mol. The fraction of sp³-hybridized carbons (Fsp3) is 0.188. The van der Waals surface area contributed by atoms with Crippen LogP contribution >= 0.6 is 11.3 Å². The fourth-order valence-corrected chi connectivity index (χ4v) is 2.98. The average molecular weight is 324 g/mol. The number of rotatable bonds is 4. The first-order valence-electron chi connectivity index (χ1n) is 6.84. The number of nitriles is 1. The van der Waals surface area contributed by atoms with E-state index in [1.54, 1.807) is 43.7 Å². The molecule has 0 bridgehead atoms. The van der Waals surface area contributed by atoms with Crippen molar-refractivity contribution in [1.82, 2.24) is 15.0 Å². The van der Waals surface area contributed by atoms with Gasteiger partial charge in [0.2, 0.25) is 5.78 Å². The molecule has 0 amide bonds. The van der Waals surface area contributed by atoms with Crippen LogP contribution in [0.1, 0.15) is 33.6 Å². The van der Waals surface area contributed by atoms with Crippen LogP contribution in [0.3, 0.4) is 0 Å². The first-order valence-corrected chi connectivity index (χ1v) is 7.72. The SMILES string of the molecule is Cc1cc([C@@H](C#N)C(=O)c2csc(-c3ccco3)n2)nc(C)n1. The van der Waals surface area contributed by atoms with E-state index in [0.29, 0.717) is 22.3 Å². The summed E-state index contributed by atoms with van der Waals surface area (Å²) in [6.07, 6.45) is 1.54. The van der Waals surface area contributed by atoms with Gasteiger partial charge in [0.1, 0.15) is 11.5 Å². The molecule has 23 heavy (non-hydrogen) atoms. The van der Waals surface area contributed by atoms with Gasteiger partial charge in [0, 0.05) is 11.1 Å². The van der Waals surface area contributed by atoms with Crippen molar-refractivity contribution in [3.05, 3.63) is 52.7 Å². The van der Waals surface area contributed by atoms with Crippen molar-refractivity contribution in [1.29, 1.82) is 5.26 Å². The third-order valence-corrected chi connectivity index (χ3v) is 4.02. The van der Waals surface area contributed by atoms with Gasteiger partial charge in [-0.2, -0.15) is 5.26 Å². The maximum atomic E-state index is 12.6. The van der Waals surface area contributed by atoms with Gasteiger partial charge in [0.15, 0.2) is 16.7 Å². The Morgan fingerprint density at radius 2 is 2.17 bits per heavy atom. The van der Waals surface area contributed by atoms with Crippen LogP contribution in [0.4, 0.5) is 0 Å². The molecule has 0 unspecified atom stereocenters. The molecular weight excluding hydrogens is 312 g/mol. The zero-order chi connectivity index (χ0) is 16.4. The molecule has 0 aliphatic heterocycles. The minimum atomic E-state index is -0.998. The number of carbonyl (C=O) groups excluding carboxylic acids is 1. The quantitative estimate of drug-likeness (QED) is 0.684. The van der Waals surface area contributed by atoms with Crippen LogP contribution < -0.4 is 0 Å². The maximum absolute atomic E-state index is 12.6. The maximum Gasteiger partial charge on any atom is 0.205 e. The molecule has 3 heterocycles. The van der Waals surface area contributed by atoms with Crippen LogP contribution in [-0.2, 0) is 0 Å². The number of aromatic nitrogens is 3. The topological polar surface area (TPSA) is 92.7 Å². The Hall–Kier alpha value is -2.85. The summed E-state index contributed by atoms with van der Waals surface area (Å²) in [6, 6.07) is 7.19. The molecule has 6 nitrogen and oxygen atoms in total. The van der Waals surface area contributed by atoms with E-state index in [1.165, 1.54) is 11.3 Å². The van der Waals surface area contributed by atoms with Gasteiger partial charge in [-0.1, -0.05) is 0 Å². The number of nitrogens with zero attached hydrogens (tertiary/aromatic N) is 4. The number of aryl methyl sites for hydroxylation is 2. The Labute approximate surface area is 136 Å². The number of ketones is 1. The smallest absolute Gasteiger partial charge is 0.205 e. The van der Waals surface area contributed by atoms with Gasteiger partial charge >= 0.3 is 0 Å².